The van der Waals surface area contributed by atoms with Crippen LogP contribution in [0.1, 0.15) is 25.7 Å². The van der Waals surface area contributed by atoms with Gasteiger partial charge in [0, 0.05) is 18.4 Å². The molecule has 0 aliphatic carbocycles. The lowest BCUT2D eigenvalue weighted by Gasteiger charge is -2.24. The second-order valence-corrected chi connectivity index (χ2v) is 6.38. The number of nitrogens with one attached hydrogen (secondary N) is 1. The largest absolute Gasteiger partial charge is 0.365 e. The molecule has 1 atom stereocenters. The van der Waals surface area contributed by atoms with Crippen molar-refractivity contribution in [1.82, 2.24) is 5.32 Å². The third kappa shape index (κ3) is 6.48. The van der Waals surface area contributed by atoms with Gasteiger partial charge in [-0.3, -0.25) is 0 Å². The van der Waals surface area contributed by atoms with Crippen molar-refractivity contribution < 1.29 is 0 Å². The van der Waals surface area contributed by atoms with E-state index in [1.54, 1.807) is 0 Å². The Bertz CT molecular complexity index is 349. The van der Waals surface area contributed by atoms with Gasteiger partial charge in [0.1, 0.15) is 4.33 Å². The van der Waals surface area contributed by atoms with Crippen LogP contribution in [0, 0.1) is 5.92 Å². The van der Waals surface area contributed by atoms with Gasteiger partial charge in [0.05, 0.1) is 0 Å². The van der Waals surface area contributed by atoms with Crippen molar-refractivity contribution in [2.45, 2.75) is 30.0 Å². The molecule has 0 aromatic rings. The van der Waals surface area contributed by atoms with E-state index in [2.05, 4.69) is 11.4 Å². The Hall–Kier alpha value is -0.480. The van der Waals surface area contributed by atoms with Crippen LogP contribution in [0.25, 0.3) is 0 Å². The first-order valence-corrected chi connectivity index (χ1v) is 7.42. The van der Waals surface area contributed by atoms with Crippen LogP contribution in [-0.4, -0.2) is 17.4 Å². The lowest BCUT2D eigenvalue weighted by molar-refractivity contribution is 0.456. The Morgan fingerprint density at radius 3 is 2.63 bits per heavy atom. The standard InChI is InChI=1S/C14H23Cl2N3/c15-14(16,11-18)8-7-12(5-4-9-17)13-6-2-1-3-10-19-13/h1-3,6,10,12,19H,4-5,7-9,11,17-18H2. The average molecular weight is 304 g/mol. The van der Waals surface area contributed by atoms with Crippen LogP contribution >= 0.6 is 23.2 Å². The predicted molar refractivity (Wildman–Crippen MR) is 84.0 cm³/mol. The van der Waals surface area contributed by atoms with Gasteiger partial charge in [-0.1, -0.05) is 12.2 Å². The molecule has 0 saturated heterocycles. The summed E-state index contributed by atoms with van der Waals surface area (Å²) in [6, 6.07) is 0. The maximum absolute atomic E-state index is 6.12. The van der Waals surface area contributed by atoms with Crippen LogP contribution in [0.5, 0.6) is 0 Å². The van der Waals surface area contributed by atoms with Gasteiger partial charge < -0.3 is 16.8 Å². The van der Waals surface area contributed by atoms with Crippen LogP contribution in [-0.2, 0) is 0 Å². The molecule has 0 aromatic carbocycles. The fraction of sp³-hybridized carbons (Fsp3) is 0.571. The fourth-order valence-corrected chi connectivity index (χ4v) is 2.25. The van der Waals surface area contributed by atoms with Crippen molar-refractivity contribution in [3.8, 4) is 0 Å². The molecule has 3 nitrogen and oxygen atoms in total. The highest BCUT2D eigenvalue weighted by atomic mass is 35.5. The van der Waals surface area contributed by atoms with Gasteiger partial charge in [-0.25, -0.2) is 0 Å². The first-order chi connectivity index (χ1) is 9.09. The van der Waals surface area contributed by atoms with Gasteiger partial charge in [-0.05, 0) is 50.3 Å². The monoisotopic (exact) mass is 303 g/mol. The second-order valence-electron chi connectivity index (χ2n) is 4.74. The maximum Gasteiger partial charge on any atom is 0.130 e. The lowest BCUT2D eigenvalue weighted by atomic mass is 9.92. The van der Waals surface area contributed by atoms with E-state index < -0.39 is 4.33 Å². The Labute approximate surface area is 125 Å². The van der Waals surface area contributed by atoms with E-state index in [9.17, 15) is 0 Å². The van der Waals surface area contributed by atoms with E-state index in [0.717, 1.165) is 19.3 Å². The Kier molecular flexibility index (Phi) is 7.54. The van der Waals surface area contributed by atoms with E-state index in [0.29, 0.717) is 18.9 Å². The highest BCUT2D eigenvalue weighted by Crippen LogP contribution is 2.31. The van der Waals surface area contributed by atoms with E-state index in [1.807, 2.05) is 24.4 Å². The first kappa shape index (κ1) is 16.6. The number of nitrogens with two attached hydrogens (primary N) is 2. The van der Waals surface area contributed by atoms with E-state index >= 15 is 0 Å². The molecule has 1 rings (SSSR count). The van der Waals surface area contributed by atoms with Crippen molar-refractivity contribution in [2.75, 3.05) is 13.1 Å². The molecule has 0 bridgehead atoms. The minimum Gasteiger partial charge on any atom is -0.365 e. The van der Waals surface area contributed by atoms with Gasteiger partial charge in [-0.15, -0.1) is 23.2 Å². The second kappa shape index (κ2) is 8.64. The molecule has 0 fully saturated rings. The molecule has 1 heterocycles. The highest BCUT2D eigenvalue weighted by Gasteiger charge is 2.24. The summed E-state index contributed by atoms with van der Waals surface area (Å²) in [6.07, 6.45) is 13.6. The van der Waals surface area contributed by atoms with Crippen molar-refractivity contribution in [1.29, 1.82) is 0 Å². The summed E-state index contributed by atoms with van der Waals surface area (Å²) in [6.45, 7) is 0.964. The predicted octanol–water partition coefficient (Wildman–Crippen LogP) is 2.81. The third-order valence-corrected chi connectivity index (χ3v) is 3.88. The molecule has 0 radical (unpaired) electrons. The normalized spacial score (nSPS) is 16.7. The van der Waals surface area contributed by atoms with Gasteiger partial charge in [0.25, 0.3) is 0 Å². The molecule has 108 valence electrons. The summed E-state index contributed by atoms with van der Waals surface area (Å²) in [7, 11) is 0. The van der Waals surface area contributed by atoms with E-state index in [4.69, 9.17) is 34.7 Å². The van der Waals surface area contributed by atoms with Crippen molar-refractivity contribution in [2.24, 2.45) is 17.4 Å². The molecule has 5 heteroatoms. The Morgan fingerprint density at radius 2 is 1.95 bits per heavy atom. The number of allylic oxidation sites excluding steroid dienone is 5. The molecular weight excluding hydrogens is 281 g/mol. The smallest absolute Gasteiger partial charge is 0.130 e. The summed E-state index contributed by atoms with van der Waals surface area (Å²) in [4.78, 5) is 0. The maximum atomic E-state index is 6.12. The van der Waals surface area contributed by atoms with E-state index in [-0.39, 0.29) is 6.54 Å². The molecule has 0 aromatic heterocycles. The highest BCUT2D eigenvalue weighted by molar-refractivity contribution is 6.48. The summed E-state index contributed by atoms with van der Waals surface area (Å²) in [5.74, 6) is 0.374. The number of alkyl halides is 2. The van der Waals surface area contributed by atoms with Gasteiger partial charge in [-0.2, -0.15) is 0 Å². The summed E-state index contributed by atoms with van der Waals surface area (Å²) in [5.41, 5.74) is 12.3. The van der Waals surface area contributed by atoms with Crippen LogP contribution in [0.15, 0.2) is 36.2 Å². The number of halogens is 2. The van der Waals surface area contributed by atoms with Crippen molar-refractivity contribution in [3.05, 3.63) is 36.2 Å². The fourth-order valence-electron chi connectivity index (χ4n) is 2.03. The molecular formula is C14H23Cl2N3. The van der Waals surface area contributed by atoms with Crippen LogP contribution in [0.4, 0.5) is 0 Å². The molecule has 19 heavy (non-hydrogen) atoms. The summed E-state index contributed by atoms with van der Waals surface area (Å²) >= 11 is 12.2. The molecule has 0 spiro atoms. The number of hydrogen-bond donors (Lipinski definition) is 3. The van der Waals surface area contributed by atoms with Gasteiger partial charge >= 0.3 is 0 Å². The zero-order valence-electron chi connectivity index (χ0n) is 11.1. The summed E-state index contributed by atoms with van der Waals surface area (Å²) < 4.78 is -0.835. The molecule has 0 saturated carbocycles. The SMILES string of the molecule is NCCCC(CCC(Cl)(Cl)CN)C1=CC=CC=CN1. The average Bonchev–Trinajstić information content (AvgIpc) is 2.68. The molecule has 0 amide bonds. The molecule has 1 unspecified atom stereocenters. The quantitative estimate of drug-likeness (QED) is 0.604. The van der Waals surface area contributed by atoms with Crippen LogP contribution in [0.2, 0.25) is 0 Å². The first-order valence-electron chi connectivity index (χ1n) is 6.67. The third-order valence-electron chi connectivity index (χ3n) is 3.20. The molecule has 1 aliphatic heterocycles. The van der Waals surface area contributed by atoms with Gasteiger partial charge in [0.15, 0.2) is 0 Å². The summed E-state index contributed by atoms with van der Waals surface area (Å²) in [5, 5.41) is 3.30. The minimum atomic E-state index is -0.835. The van der Waals surface area contributed by atoms with Gasteiger partial charge in [0.2, 0.25) is 0 Å². The van der Waals surface area contributed by atoms with E-state index in [1.165, 1.54) is 5.70 Å². The van der Waals surface area contributed by atoms with Crippen molar-refractivity contribution in [3.63, 3.8) is 0 Å². The van der Waals surface area contributed by atoms with Crippen molar-refractivity contribution >= 4 is 23.2 Å². The Balaban J connectivity index is 2.63. The minimum absolute atomic E-state index is 0.270. The number of rotatable bonds is 8. The molecule has 1 aliphatic rings. The zero-order valence-corrected chi connectivity index (χ0v) is 12.6. The van der Waals surface area contributed by atoms with Crippen LogP contribution < -0.4 is 16.8 Å². The topological polar surface area (TPSA) is 64.1 Å². The Morgan fingerprint density at radius 1 is 1.16 bits per heavy atom. The molecule has 5 N–H and O–H groups in total. The number of hydrogen-bond acceptors (Lipinski definition) is 3. The zero-order chi connectivity index (χ0) is 14.1. The van der Waals surface area contributed by atoms with Crippen LogP contribution in [0.3, 0.4) is 0 Å². The lowest BCUT2D eigenvalue weighted by Crippen LogP contribution is -2.27.